The zero-order valence-electron chi connectivity index (χ0n) is 17.4. The van der Waals surface area contributed by atoms with E-state index in [2.05, 4.69) is 15.4 Å². The minimum Gasteiger partial charge on any atom is -0.484 e. The van der Waals surface area contributed by atoms with E-state index < -0.39 is 22.9 Å². The molecule has 2 aromatic carbocycles. The maximum Gasteiger partial charge on any atom is 0.339 e. The summed E-state index contributed by atoms with van der Waals surface area (Å²) in [6.07, 6.45) is 1.20. The minimum atomic E-state index is -0.637. The Bertz CT molecular complexity index is 1140. The van der Waals surface area contributed by atoms with Crippen LogP contribution in [0.25, 0.3) is 0 Å². The third-order valence-electron chi connectivity index (χ3n) is 5.60. The summed E-state index contributed by atoms with van der Waals surface area (Å²) in [6, 6.07) is 8.30. The van der Waals surface area contributed by atoms with Gasteiger partial charge < -0.3 is 24.8 Å². The summed E-state index contributed by atoms with van der Waals surface area (Å²) in [5, 5.41) is 5.89. The number of carbonyl (C=O) groups excluding carboxylic acids is 3. The lowest BCUT2D eigenvalue weighted by molar-refractivity contribution is -0.124. The van der Waals surface area contributed by atoms with Crippen molar-refractivity contribution in [1.29, 1.82) is 0 Å². The normalized spacial score (nSPS) is 21.9. The average Bonchev–Trinajstić information content (AvgIpc) is 3.58. The van der Waals surface area contributed by atoms with Crippen LogP contribution in [0.1, 0.15) is 23.2 Å². The van der Waals surface area contributed by atoms with Gasteiger partial charge in [-0.25, -0.2) is 9.18 Å². The number of benzene rings is 2. The van der Waals surface area contributed by atoms with Gasteiger partial charge in [0.1, 0.15) is 17.3 Å². The highest BCUT2D eigenvalue weighted by atomic mass is 35.5. The monoisotopic (exact) mass is 496 g/mol. The molecule has 0 bridgehead atoms. The van der Waals surface area contributed by atoms with E-state index in [-0.39, 0.29) is 52.1 Å². The van der Waals surface area contributed by atoms with Crippen LogP contribution in [-0.2, 0) is 14.3 Å². The van der Waals surface area contributed by atoms with E-state index in [1.54, 1.807) is 0 Å². The quantitative estimate of drug-likeness (QED) is 0.517. The molecule has 2 amide bonds. The Balaban J connectivity index is 1.22. The van der Waals surface area contributed by atoms with Crippen molar-refractivity contribution in [2.24, 2.45) is 0 Å². The molecule has 0 aliphatic heterocycles. The van der Waals surface area contributed by atoms with Gasteiger partial charge in [-0.15, -0.1) is 0 Å². The van der Waals surface area contributed by atoms with Crippen LogP contribution in [0.3, 0.4) is 0 Å². The molecule has 0 aromatic heterocycles. The molecule has 0 saturated heterocycles. The Morgan fingerprint density at radius 2 is 1.42 bits per heavy atom. The lowest BCUT2D eigenvalue weighted by Crippen LogP contribution is -2.38. The van der Waals surface area contributed by atoms with Crippen molar-refractivity contribution < 1.29 is 33.0 Å². The third-order valence-corrected chi connectivity index (χ3v) is 6.24. The lowest BCUT2D eigenvalue weighted by atomic mass is 10.2. The Morgan fingerprint density at radius 3 is 1.94 bits per heavy atom. The molecule has 8 nitrogen and oxygen atoms in total. The molecular formula is C22H19Cl2FN2O6. The number of hydrogen-bond acceptors (Lipinski definition) is 6. The van der Waals surface area contributed by atoms with Gasteiger partial charge in [0, 0.05) is 6.07 Å². The number of ether oxygens (including phenoxy) is 3. The molecule has 0 heterocycles. The van der Waals surface area contributed by atoms with Crippen molar-refractivity contribution in [3.63, 3.8) is 0 Å². The van der Waals surface area contributed by atoms with Gasteiger partial charge in [0.15, 0.2) is 13.2 Å². The zero-order valence-corrected chi connectivity index (χ0v) is 18.9. The van der Waals surface area contributed by atoms with E-state index in [1.165, 1.54) is 37.4 Å². The number of halogens is 3. The van der Waals surface area contributed by atoms with Crippen LogP contribution in [0.4, 0.5) is 4.39 Å². The topological polar surface area (TPSA) is 103 Å². The number of carbonyl (C=O) groups is 3. The smallest absolute Gasteiger partial charge is 0.339 e. The van der Waals surface area contributed by atoms with Gasteiger partial charge in [0.25, 0.3) is 11.8 Å². The van der Waals surface area contributed by atoms with Crippen LogP contribution in [0.15, 0.2) is 36.4 Å². The fourth-order valence-corrected chi connectivity index (χ4v) is 3.95. The summed E-state index contributed by atoms with van der Waals surface area (Å²) in [5.74, 6) is -1.53. The fourth-order valence-electron chi connectivity index (χ4n) is 3.64. The van der Waals surface area contributed by atoms with Crippen molar-refractivity contribution in [3.05, 3.63) is 57.8 Å². The van der Waals surface area contributed by atoms with Crippen LogP contribution < -0.4 is 20.1 Å². The summed E-state index contributed by atoms with van der Waals surface area (Å²) in [7, 11) is 1.23. The van der Waals surface area contributed by atoms with Gasteiger partial charge in [0.05, 0.1) is 33.8 Å². The number of nitrogens with one attached hydrogen (secondary N) is 2. The molecule has 0 radical (unpaired) electrons. The predicted molar refractivity (Wildman–Crippen MR) is 116 cm³/mol. The van der Waals surface area contributed by atoms with E-state index in [0.717, 1.165) is 6.07 Å². The molecule has 0 atom stereocenters. The van der Waals surface area contributed by atoms with Gasteiger partial charge in [-0.3, -0.25) is 9.59 Å². The Labute approximate surface area is 198 Å². The van der Waals surface area contributed by atoms with Gasteiger partial charge in [-0.1, -0.05) is 23.2 Å². The van der Waals surface area contributed by atoms with E-state index in [4.69, 9.17) is 32.7 Å². The number of esters is 1. The molecule has 0 spiro atoms. The van der Waals surface area contributed by atoms with Gasteiger partial charge in [-0.2, -0.15) is 0 Å². The number of methoxy groups -OCH3 is 1. The van der Waals surface area contributed by atoms with Crippen molar-refractivity contribution >= 4 is 41.0 Å². The molecule has 2 aliphatic rings. The molecule has 4 rings (SSSR count). The highest BCUT2D eigenvalue weighted by Crippen LogP contribution is 2.70. The van der Waals surface area contributed by atoms with E-state index in [9.17, 15) is 18.8 Å². The molecule has 0 unspecified atom stereocenters. The molecular weight excluding hydrogens is 478 g/mol. The number of hydrogen-bond donors (Lipinski definition) is 2. The summed E-state index contributed by atoms with van der Waals surface area (Å²) in [5.41, 5.74) is -0.857. The largest absolute Gasteiger partial charge is 0.484 e. The first-order valence-electron chi connectivity index (χ1n) is 9.87. The van der Waals surface area contributed by atoms with Crippen LogP contribution in [0.5, 0.6) is 11.5 Å². The lowest BCUT2D eigenvalue weighted by Gasteiger charge is -2.10. The molecule has 2 aliphatic carbocycles. The summed E-state index contributed by atoms with van der Waals surface area (Å²) in [4.78, 5) is 36.2. The van der Waals surface area contributed by atoms with Gasteiger partial charge in [0.2, 0.25) is 0 Å². The fraction of sp³-hybridized carbons (Fsp3) is 0.318. The van der Waals surface area contributed by atoms with Crippen molar-refractivity contribution in [1.82, 2.24) is 10.6 Å². The second-order valence-corrected chi connectivity index (χ2v) is 8.72. The maximum atomic E-state index is 13.4. The Kier molecular flexibility index (Phi) is 6.11. The standard InChI is InChI=1S/C22H19Cl2FN2O6/c1-31-20(30)14-6-12(2-4-15(14)23)32-8-18(28)26-21-10-22(21,11-21)27-19(29)9-33-13-3-5-16(24)17(25)7-13/h2-7H,8-11H2,1H3,(H,26,28)(H,27,29). The summed E-state index contributed by atoms with van der Waals surface area (Å²) in [6.45, 7) is -0.575. The second-order valence-electron chi connectivity index (χ2n) is 7.90. The first-order valence-corrected chi connectivity index (χ1v) is 10.6. The molecule has 2 aromatic rings. The van der Waals surface area contributed by atoms with Gasteiger partial charge >= 0.3 is 5.97 Å². The van der Waals surface area contributed by atoms with Crippen LogP contribution in [0.2, 0.25) is 10.0 Å². The first-order chi connectivity index (χ1) is 15.7. The SMILES string of the molecule is COC(=O)c1cc(OCC(=O)NC23CC2(NC(=O)COc2ccc(Cl)c(F)c2)C3)ccc1Cl. The van der Waals surface area contributed by atoms with Crippen molar-refractivity contribution in [2.45, 2.75) is 23.9 Å². The van der Waals surface area contributed by atoms with E-state index >= 15 is 0 Å². The third kappa shape index (κ3) is 4.84. The second kappa shape index (κ2) is 8.72. The number of fused-ring (bicyclic) bond motifs is 1. The summed E-state index contributed by atoms with van der Waals surface area (Å²) >= 11 is 11.6. The molecule has 2 fully saturated rings. The Morgan fingerprint density at radius 1 is 0.909 bits per heavy atom. The average molecular weight is 497 g/mol. The summed E-state index contributed by atoms with van der Waals surface area (Å²) < 4.78 is 28.8. The molecule has 33 heavy (non-hydrogen) atoms. The van der Waals surface area contributed by atoms with Crippen molar-refractivity contribution in [2.75, 3.05) is 20.3 Å². The number of rotatable bonds is 9. The molecule has 2 N–H and O–H groups in total. The first kappa shape index (κ1) is 23.1. The molecule has 11 heteroatoms. The maximum absolute atomic E-state index is 13.4. The minimum absolute atomic E-state index is 0.0360. The highest BCUT2D eigenvalue weighted by molar-refractivity contribution is 6.33. The molecule has 174 valence electrons. The van der Waals surface area contributed by atoms with Crippen LogP contribution >= 0.6 is 23.2 Å². The van der Waals surface area contributed by atoms with Gasteiger partial charge in [-0.05, 0) is 43.2 Å². The van der Waals surface area contributed by atoms with E-state index in [1.807, 2.05) is 0 Å². The van der Waals surface area contributed by atoms with Crippen LogP contribution in [-0.4, -0.2) is 49.2 Å². The highest BCUT2D eigenvalue weighted by Gasteiger charge is 2.85. The van der Waals surface area contributed by atoms with Crippen LogP contribution in [0, 0.1) is 5.82 Å². The molecule has 2 saturated carbocycles. The number of amides is 2. The van der Waals surface area contributed by atoms with Crippen molar-refractivity contribution in [3.8, 4) is 11.5 Å². The predicted octanol–water partition coefficient (Wildman–Crippen LogP) is 2.89. The zero-order chi connectivity index (χ0) is 23.8. The Hall–Kier alpha value is -3.04. The van der Waals surface area contributed by atoms with E-state index in [0.29, 0.717) is 12.8 Å².